The van der Waals surface area contributed by atoms with Gasteiger partial charge < -0.3 is 10.1 Å². The van der Waals surface area contributed by atoms with E-state index in [1.807, 2.05) is 64.1 Å². The number of amides is 1. The van der Waals surface area contributed by atoms with Crippen molar-refractivity contribution >= 4 is 28.8 Å². The molecule has 1 aromatic heterocycles. The van der Waals surface area contributed by atoms with Gasteiger partial charge in [0.25, 0.3) is 0 Å². The Labute approximate surface area is 170 Å². The molecule has 0 saturated heterocycles. The molecule has 146 valence electrons. The van der Waals surface area contributed by atoms with Crippen LogP contribution in [0.1, 0.15) is 27.7 Å². The molecular formula is C23H26N2O2S. The number of hydrogen-bond donors (Lipinski definition) is 1. The van der Waals surface area contributed by atoms with Crippen LogP contribution in [0.25, 0.3) is 22.0 Å². The minimum Gasteiger partial charge on any atom is -0.444 e. The Bertz CT molecular complexity index is 952. The van der Waals surface area contributed by atoms with Gasteiger partial charge in [-0.05, 0) is 45.4 Å². The second-order valence-electron chi connectivity index (χ2n) is 7.76. The van der Waals surface area contributed by atoms with Crippen LogP contribution in [0, 0.1) is 0 Å². The minimum absolute atomic E-state index is 0.0447. The summed E-state index contributed by atoms with van der Waals surface area (Å²) in [4.78, 5) is 16.9. The second-order valence-corrected chi connectivity index (χ2v) is 8.77. The number of thioether (sulfide) groups is 1. The number of carbonyl (C=O) groups is 1. The van der Waals surface area contributed by atoms with Gasteiger partial charge in [0.2, 0.25) is 0 Å². The molecular weight excluding hydrogens is 368 g/mol. The first kappa shape index (κ1) is 20.2. The summed E-state index contributed by atoms with van der Waals surface area (Å²) >= 11 is 1.64. The third-order valence-corrected chi connectivity index (χ3v) is 5.26. The number of alkyl carbamates (subject to hydrolysis) is 1. The lowest BCUT2D eigenvalue weighted by Gasteiger charge is -2.22. The first-order valence-electron chi connectivity index (χ1n) is 9.39. The summed E-state index contributed by atoms with van der Waals surface area (Å²) in [5.74, 6) is 0.699. The van der Waals surface area contributed by atoms with E-state index >= 15 is 0 Å². The lowest BCUT2D eigenvalue weighted by Crippen LogP contribution is -2.38. The largest absolute Gasteiger partial charge is 0.444 e. The zero-order chi connectivity index (χ0) is 20.1. The molecule has 0 saturated carbocycles. The Morgan fingerprint density at radius 1 is 1.11 bits per heavy atom. The summed E-state index contributed by atoms with van der Waals surface area (Å²) in [5.41, 5.74) is 2.71. The topological polar surface area (TPSA) is 51.2 Å². The molecule has 28 heavy (non-hydrogen) atoms. The first-order valence-corrected chi connectivity index (χ1v) is 10.4. The lowest BCUT2D eigenvalue weighted by molar-refractivity contribution is 0.0513. The number of aromatic nitrogens is 1. The van der Waals surface area contributed by atoms with Crippen LogP contribution in [0.3, 0.4) is 0 Å². The SMILES string of the molecule is C[C@@H](CSc1nc2ccccc2cc1-c1ccccc1)NC(=O)OC(C)(C)C. The van der Waals surface area contributed by atoms with Crippen molar-refractivity contribution < 1.29 is 9.53 Å². The molecule has 3 rings (SSSR count). The molecule has 0 aliphatic carbocycles. The number of nitrogens with zero attached hydrogens (tertiary/aromatic N) is 1. The molecule has 4 nitrogen and oxygen atoms in total. The Morgan fingerprint density at radius 3 is 2.50 bits per heavy atom. The van der Waals surface area contributed by atoms with Crippen molar-refractivity contribution in [2.45, 2.75) is 44.4 Å². The highest BCUT2D eigenvalue weighted by atomic mass is 32.2. The van der Waals surface area contributed by atoms with Gasteiger partial charge in [0, 0.05) is 22.7 Å². The summed E-state index contributed by atoms with van der Waals surface area (Å²) in [7, 11) is 0. The van der Waals surface area contributed by atoms with E-state index < -0.39 is 11.7 Å². The highest BCUT2D eigenvalue weighted by Crippen LogP contribution is 2.33. The summed E-state index contributed by atoms with van der Waals surface area (Å²) in [6.07, 6.45) is -0.393. The molecule has 1 amide bonds. The third kappa shape index (κ3) is 5.49. The predicted molar refractivity (Wildman–Crippen MR) is 117 cm³/mol. The van der Waals surface area contributed by atoms with Gasteiger partial charge in [-0.2, -0.15) is 0 Å². The highest BCUT2D eigenvalue weighted by molar-refractivity contribution is 7.99. The van der Waals surface area contributed by atoms with Gasteiger partial charge in [-0.25, -0.2) is 9.78 Å². The fourth-order valence-electron chi connectivity index (χ4n) is 2.79. The molecule has 3 aromatic rings. The number of ether oxygens (including phenoxy) is 1. The molecule has 0 unspecified atom stereocenters. The number of rotatable bonds is 5. The van der Waals surface area contributed by atoms with Crippen LogP contribution in [0.5, 0.6) is 0 Å². The van der Waals surface area contributed by atoms with Crippen molar-refractivity contribution in [2.24, 2.45) is 0 Å². The number of para-hydroxylation sites is 1. The van der Waals surface area contributed by atoms with Crippen LogP contribution in [0.15, 0.2) is 65.7 Å². The molecule has 1 N–H and O–H groups in total. The molecule has 0 fully saturated rings. The van der Waals surface area contributed by atoms with Crippen molar-refractivity contribution in [3.63, 3.8) is 0 Å². The van der Waals surface area contributed by atoms with Gasteiger partial charge in [-0.15, -0.1) is 11.8 Å². The molecule has 0 spiro atoms. The van der Waals surface area contributed by atoms with Crippen LogP contribution in [-0.2, 0) is 4.74 Å². The summed E-state index contributed by atoms with van der Waals surface area (Å²) in [5, 5.41) is 4.97. The molecule has 1 atom stereocenters. The molecule has 0 radical (unpaired) electrons. The highest BCUT2D eigenvalue weighted by Gasteiger charge is 2.18. The van der Waals surface area contributed by atoms with E-state index in [4.69, 9.17) is 9.72 Å². The number of fused-ring (bicyclic) bond motifs is 1. The average molecular weight is 395 g/mol. The maximum Gasteiger partial charge on any atom is 0.407 e. The van der Waals surface area contributed by atoms with Gasteiger partial charge in [-0.1, -0.05) is 48.5 Å². The van der Waals surface area contributed by atoms with Crippen LogP contribution in [0.2, 0.25) is 0 Å². The number of pyridine rings is 1. The summed E-state index contributed by atoms with van der Waals surface area (Å²) in [6.45, 7) is 7.55. The van der Waals surface area contributed by atoms with Gasteiger partial charge >= 0.3 is 6.09 Å². The molecule has 0 bridgehead atoms. The van der Waals surface area contributed by atoms with Crippen molar-refractivity contribution in [1.29, 1.82) is 0 Å². The molecule has 0 aliphatic rings. The fraction of sp³-hybridized carbons (Fsp3) is 0.304. The maximum atomic E-state index is 12.0. The quantitative estimate of drug-likeness (QED) is 0.547. The lowest BCUT2D eigenvalue weighted by atomic mass is 10.1. The smallest absolute Gasteiger partial charge is 0.407 e. The Balaban J connectivity index is 1.79. The van der Waals surface area contributed by atoms with Crippen LogP contribution in [0.4, 0.5) is 4.79 Å². The standard InChI is InChI=1S/C23H26N2O2S/c1-16(24-22(26)27-23(2,3)4)15-28-21-19(17-10-6-5-7-11-17)14-18-12-8-9-13-20(18)25-21/h5-14,16H,15H2,1-4H3,(H,24,26)/t16-/m0/s1. The number of carbonyl (C=O) groups excluding carboxylic acids is 1. The van der Waals surface area contributed by atoms with Gasteiger partial charge in [0.05, 0.1) is 5.52 Å². The average Bonchev–Trinajstić information content (AvgIpc) is 2.64. The second kappa shape index (κ2) is 8.65. The number of hydrogen-bond acceptors (Lipinski definition) is 4. The van der Waals surface area contributed by atoms with E-state index in [0.29, 0.717) is 5.75 Å². The van der Waals surface area contributed by atoms with E-state index in [2.05, 4.69) is 29.6 Å². The van der Waals surface area contributed by atoms with Crippen LogP contribution < -0.4 is 5.32 Å². The van der Waals surface area contributed by atoms with Crippen LogP contribution in [-0.4, -0.2) is 28.5 Å². The number of benzene rings is 2. The summed E-state index contributed by atoms with van der Waals surface area (Å²) in [6, 6.07) is 20.5. The Hall–Kier alpha value is -2.53. The van der Waals surface area contributed by atoms with Crippen molar-refractivity contribution in [3.8, 4) is 11.1 Å². The Morgan fingerprint density at radius 2 is 1.79 bits per heavy atom. The third-order valence-electron chi connectivity index (χ3n) is 4.01. The van der Waals surface area contributed by atoms with Gasteiger partial charge in [0.1, 0.15) is 10.6 Å². The monoisotopic (exact) mass is 394 g/mol. The van der Waals surface area contributed by atoms with E-state index in [1.165, 1.54) is 0 Å². The van der Waals surface area contributed by atoms with Gasteiger partial charge in [0.15, 0.2) is 0 Å². The van der Waals surface area contributed by atoms with E-state index in [9.17, 15) is 4.79 Å². The molecule has 5 heteroatoms. The zero-order valence-corrected chi connectivity index (χ0v) is 17.5. The first-order chi connectivity index (χ1) is 13.3. The zero-order valence-electron chi connectivity index (χ0n) is 16.7. The molecule has 1 heterocycles. The Kier molecular flexibility index (Phi) is 6.25. The molecule has 2 aromatic carbocycles. The minimum atomic E-state index is -0.503. The van der Waals surface area contributed by atoms with Crippen molar-refractivity contribution in [3.05, 3.63) is 60.7 Å². The van der Waals surface area contributed by atoms with Gasteiger partial charge in [-0.3, -0.25) is 0 Å². The van der Waals surface area contributed by atoms with E-state index in [1.54, 1.807) is 11.8 Å². The number of nitrogens with one attached hydrogen (secondary N) is 1. The van der Waals surface area contributed by atoms with Crippen molar-refractivity contribution in [1.82, 2.24) is 10.3 Å². The van der Waals surface area contributed by atoms with Crippen LogP contribution >= 0.6 is 11.8 Å². The summed E-state index contributed by atoms with van der Waals surface area (Å²) < 4.78 is 5.34. The molecule has 0 aliphatic heterocycles. The fourth-order valence-corrected chi connectivity index (χ4v) is 3.77. The maximum absolute atomic E-state index is 12.0. The normalized spacial score (nSPS) is 12.6. The van der Waals surface area contributed by atoms with E-state index in [-0.39, 0.29) is 6.04 Å². The van der Waals surface area contributed by atoms with Crippen molar-refractivity contribution in [2.75, 3.05) is 5.75 Å². The van der Waals surface area contributed by atoms with E-state index in [0.717, 1.165) is 27.1 Å². The predicted octanol–water partition coefficient (Wildman–Crippen LogP) is 5.91.